The van der Waals surface area contributed by atoms with E-state index in [1.54, 1.807) is 6.20 Å². The van der Waals surface area contributed by atoms with E-state index in [9.17, 15) is 4.79 Å². The second-order valence-corrected chi connectivity index (χ2v) is 5.48. The van der Waals surface area contributed by atoms with E-state index in [0.717, 1.165) is 11.4 Å². The van der Waals surface area contributed by atoms with Crippen LogP contribution in [0.5, 0.6) is 0 Å². The molecule has 0 saturated carbocycles. The molecule has 1 amide bonds. The van der Waals surface area contributed by atoms with Gasteiger partial charge in [-0.2, -0.15) is 0 Å². The highest BCUT2D eigenvalue weighted by molar-refractivity contribution is 5.92. The molecule has 0 aliphatic rings. The molecule has 3 aromatic rings. The average molecular weight is 317 g/mol. The molecule has 0 unspecified atom stereocenters. The number of pyridine rings is 1. The Morgan fingerprint density at radius 3 is 2.12 bits per heavy atom. The van der Waals surface area contributed by atoms with Gasteiger partial charge in [0.2, 0.25) is 5.91 Å². The molecule has 0 aliphatic carbocycles. The minimum atomic E-state index is -0.0482. The zero-order valence-electron chi connectivity index (χ0n) is 13.3. The van der Waals surface area contributed by atoms with E-state index in [1.165, 1.54) is 5.56 Å². The van der Waals surface area contributed by atoms with Crippen LogP contribution in [0.2, 0.25) is 0 Å². The van der Waals surface area contributed by atoms with Crippen LogP contribution in [-0.4, -0.2) is 10.9 Å². The molecule has 0 saturated heterocycles. The fourth-order valence-electron chi connectivity index (χ4n) is 2.35. The van der Waals surface area contributed by atoms with Gasteiger partial charge >= 0.3 is 0 Å². The van der Waals surface area contributed by atoms with Gasteiger partial charge in [-0.3, -0.25) is 4.79 Å². The Labute approximate surface area is 141 Å². The topological polar surface area (TPSA) is 54.0 Å². The maximum Gasteiger partial charge on any atom is 0.228 e. The quantitative estimate of drug-likeness (QED) is 0.725. The van der Waals surface area contributed by atoms with Crippen LogP contribution < -0.4 is 10.6 Å². The molecule has 0 spiro atoms. The van der Waals surface area contributed by atoms with Crippen LogP contribution in [0, 0.1) is 0 Å². The molecule has 0 fully saturated rings. The third-order valence-corrected chi connectivity index (χ3v) is 3.57. The van der Waals surface area contributed by atoms with Crippen molar-refractivity contribution in [1.82, 2.24) is 4.98 Å². The van der Waals surface area contributed by atoms with E-state index in [2.05, 4.69) is 27.8 Å². The molecule has 24 heavy (non-hydrogen) atoms. The highest BCUT2D eigenvalue weighted by Gasteiger charge is 2.04. The van der Waals surface area contributed by atoms with Crippen molar-refractivity contribution in [2.24, 2.45) is 0 Å². The molecule has 0 radical (unpaired) electrons. The third-order valence-electron chi connectivity index (χ3n) is 3.57. The molecule has 2 N–H and O–H groups in total. The van der Waals surface area contributed by atoms with Gasteiger partial charge in [-0.15, -0.1) is 0 Å². The van der Waals surface area contributed by atoms with Crippen molar-refractivity contribution >= 4 is 17.4 Å². The minimum Gasteiger partial charge on any atom is -0.366 e. The van der Waals surface area contributed by atoms with Crippen molar-refractivity contribution in [3.05, 3.63) is 90.1 Å². The minimum absolute atomic E-state index is 0.0482. The molecule has 0 aliphatic heterocycles. The molecule has 1 heterocycles. The number of nitrogens with one attached hydrogen (secondary N) is 2. The van der Waals surface area contributed by atoms with Crippen molar-refractivity contribution in [2.45, 2.75) is 13.0 Å². The van der Waals surface area contributed by atoms with E-state index in [0.29, 0.717) is 18.7 Å². The van der Waals surface area contributed by atoms with Gasteiger partial charge < -0.3 is 10.6 Å². The first-order valence-electron chi connectivity index (χ1n) is 7.87. The van der Waals surface area contributed by atoms with Crippen LogP contribution >= 0.6 is 0 Å². The Morgan fingerprint density at radius 1 is 0.833 bits per heavy atom. The smallest absolute Gasteiger partial charge is 0.228 e. The van der Waals surface area contributed by atoms with Gasteiger partial charge in [-0.25, -0.2) is 4.98 Å². The number of hydrogen-bond acceptors (Lipinski definition) is 3. The Balaban J connectivity index is 1.51. The van der Waals surface area contributed by atoms with Crippen molar-refractivity contribution in [3.63, 3.8) is 0 Å². The summed E-state index contributed by atoms with van der Waals surface area (Å²) in [5.41, 5.74) is 2.88. The third kappa shape index (κ3) is 4.68. The van der Waals surface area contributed by atoms with Crippen molar-refractivity contribution in [1.29, 1.82) is 0 Å². The van der Waals surface area contributed by atoms with Crippen LogP contribution in [0.1, 0.15) is 11.1 Å². The van der Waals surface area contributed by atoms with E-state index < -0.39 is 0 Å². The summed E-state index contributed by atoms with van der Waals surface area (Å²) in [7, 11) is 0. The highest BCUT2D eigenvalue weighted by atomic mass is 16.1. The first kappa shape index (κ1) is 15.7. The molecular formula is C20H19N3O. The fourth-order valence-corrected chi connectivity index (χ4v) is 2.35. The normalized spacial score (nSPS) is 10.2. The van der Waals surface area contributed by atoms with Gasteiger partial charge in [0.05, 0.1) is 18.3 Å². The predicted molar refractivity (Wildman–Crippen MR) is 96.8 cm³/mol. The number of carbonyl (C=O) groups is 1. The van der Waals surface area contributed by atoms with Crippen LogP contribution in [-0.2, 0) is 17.8 Å². The molecular weight excluding hydrogens is 298 g/mol. The fraction of sp³-hybridized carbons (Fsp3) is 0.100. The van der Waals surface area contributed by atoms with E-state index in [1.807, 2.05) is 60.7 Å². The van der Waals surface area contributed by atoms with Gasteiger partial charge in [-0.1, -0.05) is 60.7 Å². The molecule has 3 rings (SSSR count). The lowest BCUT2D eigenvalue weighted by atomic mass is 10.1. The standard InChI is InChI=1S/C20H19N3O/c24-20(13-16-7-3-1-4-8-16)23-18-11-12-19(22-15-18)21-14-17-9-5-2-6-10-17/h1-12,15H,13-14H2,(H,21,22)(H,23,24). The first-order chi connectivity index (χ1) is 11.8. The number of aromatic nitrogens is 1. The number of hydrogen-bond donors (Lipinski definition) is 2. The van der Waals surface area contributed by atoms with Gasteiger partial charge in [0, 0.05) is 6.54 Å². The second kappa shape index (κ2) is 7.92. The number of nitrogens with zero attached hydrogens (tertiary/aromatic N) is 1. The molecule has 0 bridgehead atoms. The summed E-state index contributed by atoms with van der Waals surface area (Å²) in [5.74, 6) is 0.730. The maximum absolute atomic E-state index is 12.0. The molecule has 120 valence electrons. The Morgan fingerprint density at radius 2 is 1.50 bits per heavy atom. The SMILES string of the molecule is O=C(Cc1ccccc1)Nc1ccc(NCc2ccccc2)nc1. The summed E-state index contributed by atoms with van der Waals surface area (Å²) in [6, 6.07) is 23.5. The predicted octanol–water partition coefficient (Wildman–Crippen LogP) is 3.87. The largest absolute Gasteiger partial charge is 0.366 e. The van der Waals surface area contributed by atoms with Crippen molar-refractivity contribution in [3.8, 4) is 0 Å². The summed E-state index contributed by atoms with van der Waals surface area (Å²) >= 11 is 0. The van der Waals surface area contributed by atoms with Crippen LogP contribution in [0.3, 0.4) is 0 Å². The lowest BCUT2D eigenvalue weighted by Crippen LogP contribution is -2.14. The van der Waals surface area contributed by atoms with Gasteiger partial charge in [0.15, 0.2) is 0 Å². The number of benzene rings is 2. The van der Waals surface area contributed by atoms with Gasteiger partial charge in [0.25, 0.3) is 0 Å². The number of amides is 1. The Hall–Kier alpha value is -3.14. The first-order valence-corrected chi connectivity index (χ1v) is 7.87. The summed E-state index contributed by atoms with van der Waals surface area (Å²) in [6.07, 6.45) is 2.02. The van der Waals surface area contributed by atoms with E-state index >= 15 is 0 Å². The van der Waals surface area contributed by atoms with E-state index in [4.69, 9.17) is 0 Å². The lowest BCUT2D eigenvalue weighted by Gasteiger charge is -2.08. The summed E-state index contributed by atoms with van der Waals surface area (Å²) in [4.78, 5) is 16.4. The molecule has 2 aromatic carbocycles. The number of anilines is 2. The summed E-state index contributed by atoms with van der Waals surface area (Å²) in [6.45, 7) is 0.716. The lowest BCUT2D eigenvalue weighted by molar-refractivity contribution is -0.115. The maximum atomic E-state index is 12.0. The van der Waals surface area contributed by atoms with Crippen LogP contribution in [0.15, 0.2) is 79.0 Å². The molecule has 4 nitrogen and oxygen atoms in total. The summed E-state index contributed by atoms with van der Waals surface area (Å²) < 4.78 is 0. The average Bonchev–Trinajstić information content (AvgIpc) is 2.63. The monoisotopic (exact) mass is 317 g/mol. The van der Waals surface area contributed by atoms with Crippen molar-refractivity contribution < 1.29 is 4.79 Å². The van der Waals surface area contributed by atoms with E-state index in [-0.39, 0.29) is 5.91 Å². The van der Waals surface area contributed by atoms with Gasteiger partial charge in [0.1, 0.15) is 5.82 Å². The highest BCUT2D eigenvalue weighted by Crippen LogP contribution is 2.12. The molecule has 1 aromatic heterocycles. The van der Waals surface area contributed by atoms with Crippen LogP contribution in [0.25, 0.3) is 0 Å². The molecule has 4 heteroatoms. The zero-order valence-corrected chi connectivity index (χ0v) is 13.3. The zero-order chi connectivity index (χ0) is 16.6. The van der Waals surface area contributed by atoms with Gasteiger partial charge in [-0.05, 0) is 23.3 Å². The number of carbonyl (C=O) groups excluding carboxylic acids is 1. The summed E-state index contributed by atoms with van der Waals surface area (Å²) in [5, 5.41) is 6.12. The molecule has 0 atom stereocenters. The Bertz CT molecular complexity index is 771. The van der Waals surface area contributed by atoms with Crippen LogP contribution in [0.4, 0.5) is 11.5 Å². The Kier molecular flexibility index (Phi) is 5.20. The number of rotatable bonds is 6. The van der Waals surface area contributed by atoms with Crippen molar-refractivity contribution in [2.75, 3.05) is 10.6 Å². The second-order valence-electron chi connectivity index (χ2n) is 5.48.